The van der Waals surface area contributed by atoms with Gasteiger partial charge < -0.3 is 15.0 Å². The zero-order valence-electron chi connectivity index (χ0n) is 15.8. The normalized spacial score (nSPS) is 14.3. The van der Waals surface area contributed by atoms with Crippen LogP contribution in [0.4, 0.5) is 11.8 Å². The fraction of sp³-hybridized carbons (Fsp3) is 0.364. The molecule has 27 heavy (non-hydrogen) atoms. The Morgan fingerprint density at radius 2 is 1.74 bits per heavy atom. The molecule has 0 bridgehead atoms. The molecule has 5 heteroatoms. The molecule has 4 rings (SSSR count). The van der Waals surface area contributed by atoms with Crippen molar-refractivity contribution in [1.82, 2.24) is 9.97 Å². The summed E-state index contributed by atoms with van der Waals surface area (Å²) >= 11 is 0. The lowest BCUT2D eigenvalue weighted by Gasteiger charge is -2.27. The van der Waals surface area contributed by atoms with Gasteiger partial charge in [-0.15, -0.1) is 0 Å². The maximum atomic E-state index is 5.22. The zero-order valence-corrected chi connectivity index (χ0v) is 15.8. The van der Waals surface area contributed by atoms with Crippen molar-refractivity contribution >= 4 is 22.7 Å². The number of rotatable bonds is 6. The Kier molecular flexibility index (Phi) is 5.37. The largest absolute Gasteiger partial charge is 0.497 e. The van der Waals surface area contributed by atoms with E-state index in [-0.39, 0.29) is 0 Å². The Bertz CT molecular complexity index is 888. The van der Waals surface area contributed by atoms with Crippen LogP contribution in [0.2, 0.25) is 0 Å². The van der Waals surface area contributed by atoms with Gasteiger partial charge in [-0.2, -0.15) is 4.98 Å². The summed E-state index contributed by atoms with van der Waals surface area (Å²) in [6.07, 6.45) is 4.67. The van der Waals surface area contributed by atoms with Gasteiger partial charge in [-0.25, -0.2) is 4.98 Å². The van der Waals surface area contributed by atoms with Gasteiger partial charge in [0.05, 0.1) is 12.6 Å². The lowest BCUT2D eigenvalue weighted by Crippen LogP contribution is -2.31. The molecule has 1 N–H and O–H groups in total. The van der Waals surface area contributed by atoms with Crippen LogP contribution < -0.4 is 15.0 Å². The van der Waals surface area contributed by atoms with Crippen LogP contribution in [-0.4, -0.2) is 36.7 Å². The van der Waals surface area contributed by atoms with Gasteiger partial charge in [0.25, 0.3) is 0 Å². The van der Waals surface area contributed by atoms with Crippen molar-refractivity contribution < 1.29 is 4.74 Å². The van der Waals surface area contributed by atoms with Gasteiger partial charge in [-0.1, -0.05) is 24.3 Å². The fourth-order valence-corrected chi connectivity index (χ4v) is 3.55. The van der Waals surface area contributed by atoms with Crippen LogP contribution in [0.3, 0.4) is 0 Å². The van der Waals surface area contributed by atoms with Gasteiger partial charge in [-0.05, 0) is 55.5 Å². The molecule has 1 aliphatic heterocycles. The van der Waals surface area contributed by atoms with E-state index in [0.717, 1.165) is 54.5 Å². The van der Waals surface area contributed by atoms with Crippen LogP contribution in [0.25, 0.3) is 10.9 Å². The SMILES string of the molecule is COc1ccc(CCNc2nc(N3CCCCC3)nc3ccccc23)cc1. The number of nitrogens with zero attached hydrogens (tertiary/aromatic N) is 3. The van der Waals surface area contributed by atoms with Gasteiger partial charge in [0.2, 0.25) is 5.95 Å². The van der Waals surface area contributed by atoms with Crippen molar-refractivity contribution in [2.75, 3.05) is 37.0 Å². The molecule has 0 aliphatic carbocycles. The van der Waals surface area contributed by atoms with Crippen LogP contribution in [0, 0.1) is 0 Å². The molecule has 1 aromatic heterocycles. The molecule has 1 fully saturated rings. The summed E-state index contributed by atoms with van der Waals surface area (Å²) in [5.74, 6) is 2.66. The second-order valence-corrected chi connectivity index (χ2v) is 6.96. The number of piperidine rings is 1. The second-order valence-electron chi connectivity index (χ2n) is 6.96. The highest BCUT2D eigenvalue weighted by Crippen LogP contribution is 2.25. The van der Waals surface area contributed by atoms with Crippen LogP contribution >= 0.6 is 0 Å². The van der Waals surface area contributed by atoms with E-state index in [9.17, 15) is 0 Å². The molecular formula is C22H26N4O. The third kappa shape index (κ3) is 4.13. The average molecular weight is 362 g/mol. The number of fused-ring (bicyclic) bond motifs is 1. The van der Waals surface area contributed by atoms with E-state index >= 15 is 0 Å². The van der Waals surface area contributed by atoms with Gasteiger partial charge in [0.1, 0.15) is 11.6 Å². The maximum Gasteiger partial charge on any atom is 0.227 e. The third-order valence-electron chi connectivity index (χ3n) is 5.10. The highest BCUT2D eigenvalue weighted by molar-refractivity contribution is 5.90. The van der Waals surface area contributed by atoms with Gasteiger partial charge in [0, 0.05) is 25.0 Å². The van der Waals surface area contributed by atoms with Crippen LogP contribution in [-0.2, 0) is 6.42 Å². The zero-order chi connectivity index (χ0) is 18.5. The molecule has 0 saturated carbocycles. The predicted octanol–water partition coefficient (Wildman–Crippen LogP) is 4.28. The summed E-state index contributed by atoms with van der Waals surface area (Å²) in [4.78, 5) is 12.0. The van der Waals surface area contributed by atoms with Crippen molar-refractivity contribution in [3.05, 3.63) is 54.1 Å². The number of aromatic nitrogens is 2. The first-order valence-electron chi connectivity index (χ1n) is 9.72. The summed E-state index contributed by atoms with van der Waals surface area (Å²) in [7, 11) is 1.69. The number of ether oxygens (including phenoxy) is 1. The number of methoxy groups -OCH3 is 1. The predicted molar refractivity (Wildman–Crippen MR) is 111 cm³/mol. The first-order valence-corrected chi connectivity index (χ1v) is 9.72. The number of hydrogen-bond donors (Lipinski definition) is 1. The van der Waals surface area contributed by atoms with Crippen LogP contribution in [0.5, 0.6) is 5.75 Å². The fourth-order valence-electron chi connectivity index (χ4n) is 3.55. The molecule has 0 radical (unpaired) electrons. The van der Waals surface area contributed by atoms with E-state index in [0.29, 0.717) is 0 Å². The summed E-state index contributed by atoms with van der Waals surface area (Å²) in [6.45, 7) is 2.92. The topological polar surface area (TPSA) is 50.3 Å². The maximum absolute atomic E-state index is 5.22. The third-order valence-corrected chi connectivity index (χ3v) is 5.10. The van der Waals surface area contributed by atoms with E-state index in [1.54, 1.807) is 7.11 Å². The average Bonchev–Trinajstić information content (AvgIpc) is 2.74. The van der Waals surface area contributed by atoms with Crippen molar-refractivity contribution in [1.29, 1.82) is 0 Å². The summed E-state index contributed by atoms with van der Waals surface area (Å²) in [5, 5.41) is 4.61. The Morgan fingerprint density at radius 1 is 0.963 bits per heavy atom. The molecular weight excluding hydrogens is 336 g/mol. The van der Waals surface area contributed by atoms with Crippen molar-refractivity contribution in [2.24, 2.45) is 0 Å². The molecule has 3 aromatic rings. The van der Waals surface area contributed by atoms with E-state index in [1.165, 1.54) is 24.8 Å². The standard InChI is InChI=1S/C22H26N4O/c1-27-18-11-9-17(10-12-18)13-14-23-21-19-7-3-4-8-20(19)24-22(25-21)26-15-5-2-6-16-26/h3-4,7-12H,2,5-6,13-16H2,1H3,(H,23,24,25). The van der Waals surface area contributed by atoms with Crippen LogP contribution in [0.15, 0.2) is 48.5 Å². The molecule has 140 valence electrons. The summed E-state index contributed by atoms with van der Waals surface area (Å²) < 4.78 is 5.22. The molecule has 0 amide bonds. The molecule has 0 spiro atoms. The Labute approximate surface area is 160 Å². The lowest BCUT2D eigenvalue weighted by molar-refractivity contribution is 0.414. The minimum atomic E-state index is 0.826. The van der Waals surface area contributed by atoms with Gasteiger partial charge >= 0.3 is 0 Å². The van der Waals surface area contributed by atoms with Crippen molar-refractivity contribution in [3.63, 3.8) is 0 Å². The van der Waals surface area contributed by atoms with Gasteiger partial charge in [0.15, 0.2) is 0 Å². The molecule has 1 aliphatic rings. The lowest BCUT2D eigenvalue weighted by atomic mass is 10.1. The summed E-state index contributed by atoms with van der Waals surface area (Å²) in [5.41, 5.74) is 2.28. The number of anilines is 2. The number of hydrogen-bond acceptors (Lipinski definition) is 5. The quantitative estimate of drug-likeness (QED) is 0.709. The minimum Gasteiger partial charge on any atom is -0.497 e. The molecule has 1 saturated heterocycles. The molecule has 2 heterocycles. The molecule has 0 atom stereocenters. The Balaban J connectivity index is 1.52. The minimum absolute atomic E-state index is 0.826. The Morgan fingerprint density at radius 3 is 2.52 bits per heavy atom. The smallest absolute Gasteiger partial charge is 0.227 e. The molecule has 5 nitrogen and oxygen atoms in total. The van der Waals surface area contributed by atoms with E-state index in [2.05, 4.69) is 34.5 Å². The first kappa shape index (κ1) is 17.6. The van der Waals surface area contributed by atoms with E-state index in [1.807, 2.05) is 24.3 Å². The van der Waals surface area contributed by atoms with E-state index < -0.39 is 0 Å². The first-order chi connectivity index (χ1) is 13.3. The van der Waals surface area contributed by atoms with Crippen LogP contribution in [0.1, 0.15) is 24.8 Å². The number of benzene rings is 2. The van der Waals surface area contributed by atoms with Gasteiger partial charge in [-0.3, -0.25) is 0 Å². The highest BCUT2D eigenvalue weighted by Gasteiger charge is 2.16. The monoisotopic (exact) mass is 362 g/mol. The highest BCUT2D eigenvalue weighted by atomic mass is 16.5. The number of nitrogens with one attached hydrogen (secondary N) is 1. The second kappa shape index (κ2) is 8.25. The van der Waals surface area contributed by atoms with Crippen molar-refractivity contribution in [2.45, 2.75) is 25.7 Å². The Hall–Kier alpha value is -2.82. The van der Waals surface area contributed by atoms with Crippen molar-refractivity contribution in [3.8, 4) is 5.75 Å². The summed E-state index contributed by atoms with van der Waals surface area (Å²) in [6, 6.07) is 16.5. The number of para-hydroxylation sites is 1. The molecule has 2 aromatic carbocycles. The van der Waals surface area contributed by atoms with E-state index in [4.69, 9.17) is 14.7 Å². The molecule has 0 unspecified atom stereocenters.